The van der Waals surface area contributed by atoms with Gasteiger partial charge in [-0.15, -0.1) is 48.5 Å². The van der Waals surface area contributed by atoms with Crippen molar-refractivity contribution in [3.63, 3.8) is 0 Å². The highest BCUT2D eigenvalue weighted by atomic mass is 127. The average molecular weight is 501 g/mol. The summed E-state index contributed by atoms with van der Waals surface area (Å²) in [5.74, 6) is -0.0402. The summed E-state index contributed by atoms with van der Waals surface area (Å²) in [4.78, 5) is 10.5. The summed E-state index contributed by atoms with van der Waals surface area (Å²) in [6.07, 6.45) is -4.70. The van der Waals surface area contributed by atoms with Crippen LogP contribution in [0.2, 0.25) is 0 Å². The highest BCUT2D eigenvalue weighted by Crippen LogP contribution is 2.22. The third kappa shape index (κ3) is 7.64. The van der Waals surface area contributed by atoms with Gasteiger partial charge >= 0.3 is 6.36 Å². The molecular formula is C15H19F3IN5OS. The molecule has 2 aromatic rings. The molecule has 0 saturated heterocycles. The van der Waals surface area contributed by atoms with Crippen molar-refractivity contribution in [3.8, 4) is 5.75 Å². The topological polar surface area (TPSA) is 75.8 Å². The van der Waals surface area contributed by atoms with E-state index in [-0.39, 0.29) is 42.2 Å². The van der Waals surface area contributed by atoms with E-state index in [9.17, 15) is 13.2 Å². The number of benzene rings is 1. The highest BCUT2D eigenvalue weighted by Gasteiger charge is 2.30. The molecule has 0 radical (unpaired) electrons. The van der Waals surface area contributed by atoms with Crippen molar-refractivity contribution in [1.29, 1.82) is 0 Å². The zero-order valence-electron chi connectivity index (χ0n) is 14.1. The molecule has 26 heavy (non-hydrogen) atoms. The lowest BCUT2D eigenvalue weighted by atomic mass is 10.2. The summed E-state index contributed by atoms with van der Waals surface area (Å²) in [6.45, 7) is 0.684. The van der Waals surface area contributed by atoms with Gasteiger partial charge in [-0.1, -0.05) is 12.1 Å². The standard InChI is InChI=1S/C15H18F3N5OS.HI/c1-23(2)14-22-11(9-25-14)8-21-13(19)20-7-10-3-5-12(6-4-10)24-15(16,17)18;/h3-6,9H,7-8H2,1-2H3,(H3,19,20,21);1H. The van der Waals surface area contributed by atoms with E-state index in [0.29, 0.717) is 12.1 Å². The predicted molar refractivity (Wildman–Crippen MR) is 107 cm³/mol. The third-order valence-corrected chi connectivity index (χ3v) is 4.02. The minimum absolute atomic E-state index is 0. The van der Waals surface area contributed by atoms with Crippen LogP contribution in [0.4, 0.5) is 18.3 Å². The molecule has 0 fully saturated rings. The van der Waals surface area contributed by atoms with Crippen molar-refractivity contribution in [2.24, 2.45) is 10.7 Å². The van der Waals surface area contributed by atoms with Crippen molar-refractivity contribution in [1.82, 2.24) is 10.3 Å². The number of guanidine groups is 1. The number of hydrogen-bond acceptors (Lipinski definition) is 5. The molecule has 0 aliphatic carbocycles. The molecule has 1 aromatic heterocycles. The fourth-order valence-electron chi connectivity index (χ4n) is 1.79. The number of nitrogens with two attached hydrogens (primary N) is 1. The number of anilines is 1. The Morgan fingerprint density at radius 1 is 1.31 bits per heavy atom. The van der Waals surface area contributed by atoms with Crippen LogP contribution in [-0.2, 0) is 13.1 Å². The molecule has 0 aliphatic heterocycles. The van der Waals surface area contributed by atoms with Gasteiger partial charge in [-0.05, 0) is 17.7 Å². The van der Waals surface area contributed by atoms with Gasteiger partial charge in [-0.3, -0.25) is 0 Å². The number of aromatic nitrogens is 1. The number of aliphatic imine (C=N–C) groups is 1. The van der Waals surface area contributed by atoms with E-state index >= 15 is 0 Å². The van der Waals surface area contributed by atoms with Gasteiger partial charge < -0.3 is 20.7 Å². The van der Waals surface area contributed by atoms with Crippen LogP contribution in [0.3, 0.4) is 0 Å². The smallest absolute Gasteiger partial charge is 0.406 e. The number of nitrogens with one attached hydrogen (secondary N) is 1. The number of rotatable bonds is 6. The molecule has 0 atom stereocenters. The van der Waals surface area contributed by atoms with Gasteiger partial charge in [0, 0.05) is 19.5 Å². The van der Waals surface area contributed by atoms with Crippen LogP contribution in [0.15, 0.2) is 34.6 Å². The van der Waals surface area contributed by atoms with E-state index in [1.165, 1.54) is 35.6 Å². The second-order valence-electron chi connectivity index (χ2n) is 5.26. The highest BCUT2D eigenvalue weighted by molar-refractivity contribution is 14.0. The Kier molecular flexibility index (Phi) is 8.40. The van der Waals surface area contributed by atoms with Crippen LogP contribution >= 0.6 is 35.3 Å². The van der Waals surface area contributed by atoms with E-state index in [2.05, 4.69) is 20.0 Å². The third-order valence-electron chi connectivity index (χ3n) is 2.96. The molecule has 1 aromatic carbocycles. The first-order valence-corrected chi connectivity index (χ1v) is 8.11. The van der Waals surface area contributed by atoms with Crippen molar-refractivity contribution in [3.05, 3.63) is 40.9 Å². The maximum atomic E-state index is 12.1. The van der Waals surface area contributed by atoms with Gasteiger partial charge in [0.15, 0.2) is 11.1 Å². The lowest BCUT2D eigenvalue weighted by Gasteiger charge is -2.09. The summed E-state index contributed by atoms with van der Waals surface area (Å²) in [5, 5.41) is 5.77. The summed E-state index contributed by atoms with van der Waals surface area (Å²) in [6, 6.07) is 5.48. The molecule has 1 heterocycles. The predicted octanol–water partition coefficient (Wildman–Crippen LogP) is 3.33. The molecule has 0 aliphatic rings. The lowest BCUT2D eigenvalue weighted by molar-refractivity contribution is -0.274. The van der Waals surface area contributed by atoms with E-state index in [1.54, 1.807) is 0 Å². The van der Waals surface area contributed by atoms with Gasteiger partial charge in [0.05, 0.1) is 18.8 Å². The van der Waals surface area contributed by atoms with E-state index in [0.717, 1.165) is 10.8 Å². The molecule has 6 nitrogen and oxygen atoms in total. The van der Waals surface area contributed by atoms with E-state index in [1.807, 2.05) is 24.4 Å². The minimum atomic E-state index is -4.70. The van der Waals surface area contributed by atoms with Crippen molar-refractivity contribution >= 4 is 46.4 Å². The van der Waals surface area contributed by atoms with Gasteiger partial charge in [0.2, 0.25) is 0 Å². The SMILES string of the molecule is CN(C)c1nc(CNC(N)=NCc2ccc(OC(F)(F)F)cc2)cs1.I. The zero-order chi connectivity index (χ0) is 18.4. The zero-order valence-corrected chi connectivity index (χ0v) is 17.2. The molecule has 0 amide bonds. The fourth-order valence-corrected chi connectivity index (χ4v) is 2.55. The van der Waals surface area contributed by atoms with Crippen molar-refractivity contribution in [2.45, 2.75) is 19.5 Å². The van der Waals surface area contributed by atoms with Gasteiger partial charge in [-0.25, -0.2) is 9.98 Å². The number of thiazole rings is 1. The Labute approximate surface area is 170 Å². The monoisotopic (exact) mass is 501 g/mol. The van der Waals surface area contributed by atoms with Crippen molar-refractivity contribution < 1.29 is 17.9 Å². The molecule has 0 bridgehead atoms. The molecule has 2 rings (SSSR count). The first-order valence-electron chi connectivity index (χ1n) is 7.23. The second kappa shape index (κ2) is 9.80. The molecule has 11 heteroatoms. The maximum absolute atomic E-state index is 12.1. The number of halogens is 4. The first kappa shape index (κ1) is 22.3. The molecule has 0 unspecified atom stereocenters. The normalized spacial score (nSPS) is 11.7. The first-order chi connectivity index (χ1) is 11.7. The van der Waals surface area contributed by atoms with Crippen LogP contribution in [0.5, 0.6) is 5.75 Å². The second-order valence-corrected chi connectivity index (χ2v) is 6.10. The number of alkyl halides is 3. The van der Waals surface area contributed by atoms with E-state index in [4.69, 9.17) is 5.73 Å². The number of nitrogens with zero attached hydrogens (tertiary/aromatic N) is 3. The minimum Gasteiger partial charge on any atom is -0.406 e. The van der Waals surface area contributed by atoms with Crippen LogP contribution < -0.4 is 20.7 Å². The lowest BCUT2D eigenvalue weighted by Crippen LogP contribution is -2.31. The summed E-state index contributed by atoms with van der Waals surface area (Å²) in [5.41, 5.74) is 7.34. The summed E-state index contributed by atoms with van der Waals surface area (Å²) in [7, 11) is 3.83. The van der Waals surface area contributed by atoms with Gasteiger partial charge in [-0.2, -0.15) is 0 Å². The largest absolute Gasteiger partial charge is 0.573 e. The maximum Gasteiger partial charge on any atom is 0.573 e. The Morgan fingerprint density at radius 3 is 2.50 bits per heavy atom. The Bertz CT molecular complexity index is 719. The number of hydrogen-bond donors (Lipinski definition) is 2. The Morgan fingerprint density at radius 2 is 1.96 bits per heavy atom. The van der Waals surface area contributed by atoms with Crippen molar-refractivity contribution in [2.75, 3.05) is 19.0 Å². The quantitative estimate of drug-likeness (QED) is 0.361. The van der Waals surface area contributed by atoms with Gasteiger partial charge in [0.1, 0.15) is 5.75 Å². The fraction of sp³-hybridized carbons (Fsp3) is 0.333. The number of ether oxygens (including phenoxy) is 1. The molecule has 3 N–H and O–H groups in total. The van der Waals surface area contributed by atoms with Gasteiger partial charge in [0.25, 0.3) is 0 Å². The van der Waals surface area contributed by atoms with E-state index < -0.39 is 6.36 Å². The van der Waals surface area contributed by atoms with Crippen LogP contribution in [-0.4, -0.2) is 31.4 Å². The summed E-state index contributed by atoms with van der Waals surface area (Å²) >= 11 is 1.53. The Hall–Kier alpha value is -1.76. The molecule has 144 valence electrons. The average Bonchev–Trinajstić information content (AvgIpc) is 3.00. The van der Waals surface area contributed by atoms with Crippen LogP contribution in [0, 0.1) is 0 Å². The Balaban J connectivity index is 0.00000338. The molecule has 0 spiro atoms. The molecular weight excluding hydrogens is 482 g/mol. The van der Waals surface area contributed by atoms with Crippen LogP contribution in [0.25, 0.3) is 0 Å². The van der Waals surface area contributed by atoms with Crippen LogP contribution in [0.1, 0.15) is 11.3 Å². The molecule has 0 saturated carbocycles. The summed E-state index contributed by atoms with van der Waals surface area (Å²) < 4.78 is 40.1.